The summed E-state index contributed by atoms with van der Waals surface area (Å²) in [6.07, 6.45) is 2.96. The van der Waals surface area contributed by atoms with Crippen molar-refractivity contribution in [1.82, 2.24) is 10.2 Å². The summed E-state index contributed by atoms with van der Waals surface area (Å²) in [5, 5.41) is 2.52. The third kappa shape index (κ3) is 4.86. The first-order chi connectivity index (χ1) is 15.4. The Bertz CT molecular complexity index is 1120. The second-order valence-corrected chi connectivity index (χ2v) is 6.86. The maximum Gasteiger partial charge on any atom is 0.373 e. The van der Waals surface area contributed by atoms with E-state index in [1.165, 1.54) is 37.3 Å². The van der Waals surface area contributed by atoms with Gasteiger partial charge in [0, 0.05) is 6.54 Å². The van der Waals surface area contributed by atoms with E-state index in [1.54, 1.807) is 24.3 Å². The standard InChI is InChI=1S/C22H20N2O7S/c1-4-9-24-20(26)15(19(25)23-22(24)32)10-13-5-7-16(18(11-13)28-2)30-12-14-6-8-17(31-14)21(27)29-3/h4-8,10-11H,1,9,12H2,2-3H3,(H,23,25,32). The molecular weight excluding hydrogens is 436 g/mol. The monoisotopic (exact) mass is 456 g/mol. The van der Waals surface area contributed by atoms with Crippen molar-refractivity contribution in [2.24, 2.45) is 0 Å². The molecule has 0 bridgehead atoms. The number of nitrogens with zero attached hydrogens (tertiary/aromatic N) is 1. The molecule has 2 heterocycles. The molecule has 1 fully saturated rings. The molecule has 166 valence electrons. The number of rotatable bonds is 8. The maximum absolute atomic E-state index is 12.7. The van der Waals surface area contributed by atoms with Crippen LogP contribution < -0.4 is 14.8 Å². The quantitative estimate of drug-likeness (QED) is 0.212. The van der Waals surface area contributed by atoms with Gasteiger partial charge in [0.1, 0.15) is 17.9 Å². The van der Waals surface area contributed by atoms with E-state index in [0.717, 1.165) is 0 Å². The first-order valence-corrected chi connectivity index (χ1v) is 9.76. The van der Waals surface area contributed by atoms with Crippen molar-refractivity contribution in [3.63, 3.8) is 0 Å². The van der Waals surface area contributed by atoms with Gasteiger partial charge in [-0.15, -0.1) is 6.58 Å². The Balaban J connectivity index is 1.78. The molecular formula is C22H20N2O7S. The van der Waals surface area contributed by atoms with Gasteiger partial charge in [-0.3, -0.25) is 19.8 Å². The van der Waals surface area contributed by atoms with Crippen molar-refractivity contribution in [1.29, 1.82) is 0 Å². The van der Waals surface area contributed by atoms with Crippen LogP contribution in [0.3, 0.4) is 0 Å². The highest BCUT2D eigenvalue weighted by Gasteiger charge is 2.32. The summed E-state index contributed by atoms with van der Waals surface area (Å²) in [4.78, 5) is 37.7. The van der Waals surface area contributed by atoms with Crippen molar-refractivity contribution in [2.45, 2.75) is 6.61 Å². The van der Waals surface area contributed by atoms with Crippen LogP contribution in [0.2, 0.25) is 0 Å². The van der Waals surface area contributed by atoms with Gasteiger partial charge < -0.3 is 18.6 Å². The summed E-state index contributed by atoms with van der Waals surface area (Å²) in [6.45, 7) is 3.81. The number of hydrogen-bond acceptors (Lipinski definition) is 8. The van der Waals surface area contributed by atoms with Gasteiger partial charge in [0.05, 0.1) is 14.2 Å². The second-order valence-electron chi connectivity index (χ2n) is 6.48. The summed E-state index contributed by atoms with van der Waals surface area (Å²) >= 11 is 5.04. The fourth-order valence-corrected chi connectivity index (χ4v) is 3.11. The number of nitrogens with one attached hydrogen (secondary N) is 1. The lowest BCUT2D eigenvalue weighted by Crippen LogP contribution is -2.53. The second kappa shape index (κ2) is 9.92. The Morgan fingerprint density at radius 2 is 2.00 bits per heavy atom. The Hall–Kier alpha value is -3.92. The zero-order valence-corrected chi connectivity index (χ0v) is 18.2. The average molecular weight is 456 g/mol. The number of carbonyl (C=O) groups excluding carboxylic acids is 3. The number of hydrogen-bond donors (Lipinski definition) is 1. The highest BCUT2D eigenvalue weighted by atomic mass is 32.1. The highest BCUT2D eigenvalue weighted by molar-refractivity contribution is 7.80. The number of carbonyl (C=O) groups is 3. The predicted molar refractivity (Wildman–Crippen MR) is 118 cm³/mol. The molecule has 0 aliphatic carbocycles. The van der Waals surface area contributed by atoms with Gasteiger partial charge in [0.25, 0.3) is 11.8 Å². The van der Waals surface area contributed by atoms with E-state index in [2.05, 4.69) is 16.6 Å². The molecule has 1 N–H and O–H groups in total. The molecule has 1 aliphatic rings. The number of ether oxygens (including phenoxy) is 3. The number of benzene rings is 1. The number of furan rings is 1. The van der Waals surface area contributed by atoms with Crippen LogP contribution in [0.15, 0.2) is 53.0 Å². The molecule has 3 rings (SSSR count). The molecule has 2 aromatic rings. The molecule has 0 saturated carbocycles. The van der Waals surface area contributed by atoms with E-state index in [9.17, 15) is 14.4 Å². The minimum absolute atomic E-state index is 0.0339. The third-order valence-electron chi connectivity index (χ3n) is 4.41. The number of methoxy groups -OCH3 is 2. The summed E-state index contributed by atoms with van der Waals surface area (Å²) in [5.41, 5.74) is 0.479. The van der Waals surface area contributed by atoms with Crippen LogP contribution in [0.4, 0.5) is 0 Å². The maximum atomic E-state index is 12.7. The van der Waals surface area contributed by atoms with Gasteiger partial charge in [0.15, 0.2) is 16.6 Å². The van der Waals surface area contributed by atoms with Crippen molar-refractivity contribution < 1.29 is 33.0 Å². The molecule has 0 atom stereocenters. The average Bonchev–Trinajstić information content (AvgIpc) is 3.27. The van der Waals surface area contributed by atoms with Crippen molar-refractivity contribution in [2.75, 3.05) is 20.8 Å². The summed E-state index contributed by atoms with van der Waals surface area (Å²) in [6, 6.07) is 8.01. The molecule has 0 radical (unpaired) electrons. The Morgan fingerprint density at radius 3 is 2.69 bits per heavy atom. The Morgan fingerprint density at radius 1 is 1.22 bits per heavy atom. The van der Waals surface area contributed by atoms with Crippen LogP contribution in [0.5, 0.6) is 11.5 Å². The highest BCUT2D eigenvalue weighted by Crippen LogP contribution is 2.30. The van der Waals surface area contributed by atoms with E-state index in [-0.39, 0.29) is 29.6 Å². The van der Waals surface area contributed by atoms with Crippen LogP contribution in [-0.2, 0) is 20.9 Å². The SMILES string of the molecule is C=CCN1C(=O)C(=Cc2ccc(OCc3ccc(C(=O)OC)o3)c(OC)c2)C(=O)NC1=S. The minimum Gasteiger partial charge on any atom is -0.493 e. The fraction of sp³-hybridized carbons (Fsp3) is 0.182. The molecule has 10 heteroatoms. The Labute approximate surface area is 189 Å². The molecule has 32 heavy (non-hydrogen) atoms. The van der Waals surface area contributed by atoms with Crippen molar-refractivity contribution >= 4 is 41.2 Å². The van der Waals surface area contributed by atoms with E-state index in [4.69, 9.17) is 26.1 Å². The van der Waals surface area contributed by atoms with Gasteiger partial charge in [-0.25, -0.2) is 4.79 Å². The lowest BCUT2D eigenvalue weighted by atomic mass is 10.1. The van der Waals surface area contributed by atoms with Crippen LogP contribution in [-0.4, -0.2) is 48.6 Å². The molecule has 1 aromatic heterocycles. The van der Waals surface area contributed by atoms with E-state index < -0.39 is 17.8 Å². The number of thiocarbonyl (C=S) groups is 1. The van der Waals surface area contributed by atoms with E-state index >= 15 is 0 Å². The summed E-state index contributed by atoms with van der Waals surface area (Å²) in [7, 11) is 2.72. The Kier molecular flexibility index (Phi) is 7.06. The molecule has 1 aliphatic heterocycles. The van der Waals surface area contributed by atoms with Crippen molar-refractivity contribution in [3.05, 3.63) is 65.6 Å². The lowest BCUT2D eigenvalue weighted by molar-refractivity contribution is -0.128. The zero-order chi connectivity index (χ0) is 23.3. The zero-order valence-electron chi connectivity index (χ0n) is 17.4. The van der Waals surface area contributed by atoms with Gasteiger partial charge in [-0.05, 0) is 48.1 Å². The number of amides is 2. The summed E-state index contributed by atoms with van der Waals surface area (Å²) in [5.74, 6) is -0.418. The smallest absolute Gasteiger partial charge is 0.373 e. The molecule has 9 nitrogen and oxygen atoms in total. The molecule has 2 amide bonds. The normalized spacial score (nSPS) is 14.9. The molecule has 0 unspecified atom stereocenters. The predicted octanol–water partition coefficient (Wildman–Crippen LogP) is 2.47. The fourth-order valence-electron chi connectivity index (χ4n) is 2.86. The first kappa shape index (κ1) is 22.8. The molecule has 1 aromatic carbocycles. The molecule has 0 spiro atoms. The van der Waals surface area contributed by atoms with E-state index in [1.807, 2.05) is 0 Å². The summed E-state index contributed by atoms with van der Waals surface area (Å²) < 4.78 is 21.0. The molecule has 1 saturated heterocycles. The first-order valence-electron chi connectivity index (χ1n) is 9.35. The van der Waals surface area contributed by atoms with Crippen LogP contribution in [0, 0.1) is 0 Å². The van der Waals surface area contributed by atoms with Crippen molar-refractivity contribution in [3.8, 4) is 11.5 Å². The number of esters is 1. The third-order valence-corrected chi connectivity index (χ3v) is 4.74. The minimum atomic E-state index is -0.584. The van der Waals surface area contributed by atoms with Gasteiger partial charge in [0.2, 0.25) is 5.76 Å². The largest absolute Gasteiger partial charge is 0.493 e. The van der Waals surface area contributed by atoms with E-state index in [0.29, 0.717) is 22.8 Å². The van der Waals surface area contributed by atoms with Crippen LogP contribution in [0.25, 0.3) is 6.08 Å². The van der Waals surface area contributed by atoms with Crippen LogP contribution in [0.1, 0.15) is 21.9 Å². The van der Waals surface area contributed by atoms with Crippen LogP contribution >= 0.6 is 12.2 Å². The lowest BCUT2D eigenvalue weighted by Gasteiger charge is -2.27. The van der Waals surface area contributed by atoms with Gasteiger partial charge in [-0.2, -0.15) is 0 Å². The topological polar surface area (TPSA) is 107 Å². The van der Waals surface area contributed by atoms with Gasteiger partial charge >= 0.3 is 5.97 Å². The van der Waals surface area contributed by atoms with Gasteiger partial charge in [-0.1, -0.05) is 12.1 Å².